The van der Waals surface area contributed by atoms with Gasteiger partial charge in [-0.3, -0.25) is 19.7 Å². The molecule has 8 atom stereocenters. The molecule has 5 rings (SSSR count). The van der Waals surface area contributed by atoms with Crippen LogP contribution in [-0.4, -0.2) is 81.8 Å². The van der Waals surface area contributed by atoms with Crippen LogP contribution in [0.5, 0.6) is 5.75 Å². The number of benzene rings is 3. The fourth-order valence-corrected chi connectivity index (χ4v) is 6.75. The van der Waals surface area contributed by atoms with Gasteiger partial charge in [0.1, 0.15) is 18.0 Å². The van der Waals surface area contributed by atoms with Crippen molar-refractivity contribution < 1.29 is 34.1 Å². The Balaban J connectivity index is 1.26. The molecule has 0 saturated carbocycles. The largest absolute Gasteiger partial charge is 0.462 e. The lowest BCUT2D eigenvalue weighted by Crippen LogP contribution is -2.63. The van der Waals surface area contributed by atoms with Gasteiger partial charge in [0.05, 0.1) is 24.2 Å². The van der Waals surface area contributed by atoms with E-state index >= 15 is 0 Å². The van der Waals surface area contributed by atoms with Crippen molar-refractivity contribution in [3.8, 4) is 5.75 Å². The Morgan fingerprint density at radius 3 is 2.37 bits per heavy atom. The summed E-state index contributed by atoms with van der Waals surface area (Å²) in [6, 6.07) is 22.9. The van der Waals surface area contributed by atoms with Gasteiger partial charge >= 0.3 is 0 Å². The van der Waals surface area contributed by atoms with E-state index in [0.717, 1.165) is 34.0 Å². The number of ether oxygens (including phenoxy) is 2. The number of amides is 3. The Morgan fingerprint density at radius 1 is 0.963 bits per heavy atom. The van der Waals surface area contributed by atoms with Gasteiger partial charge in [-0.1, -0.05) is 80.9 Å². The predicted molar refractivity (Wildman–Crippen MR) is 208 cm³/mol. The van der Waals surface area contributed by atoms with Crippen LogP contribution in [0.1, 0.15) is 50.8 Å². The molecule has 0 bridgehead atoms. The first-order valence-electron chi connectivity index (χ1n) is 18.6. The molecule has 4 aromatic rings. The highest BCUT2D eigenvalue weighted by atomic mass is 16.7. The van der Waals surface area contributed by atoms with E-state index in [1.54, 1.807) is 43.5 Å². The van der Waals surface area contributed by atoms with Gasteiger partial charge in [-0.05, 0) is 66.6 Å². The molecule has 0 aliphatic carbocycles. The summed E-state index contributed by atoms with van der Waals surface area (Å²) in [5.74, 6) is -0.402. The lowest BCUT2D eigenvalue weighted by molar-refractivity contribution is -0.242. The van der Waals surface area contributed by atoms with Crippen LogP contribution < -0.4 is 26.0 Å². The van der Waals surface area contributed by atoms with Gasteiger partial charge in [0.2, 0.25) is 24.0 Å². The summed E-state index contributed by atoms with van der Waals surface area (Å²) in [5, 5.41) is 34.2. The number of nitrogens with zero attached hydrogens (tertiary/aromatic N) is 1. The molecule has 1 fully saturated rings. The van der Waals surface area contributed by atoms with Crippen LogP contribution in [0.4, 0.5) is 0 Å². The lowest BCUT2D eigenvalue weighted by atomic mass is 9.95. The summed E-state index contributed by atoms with van der Waals surface area (Å²) in [6.07, 6.45) is 2.76. The average molecular weight is 740 g/mol. The first-order chi connectivity index (χ1) is 25.9. The minimum Gasteiger partial charge on any atom is -0.462 e. The summed E-state index contributed by atoms with van der Waals surface area (Å²) in [7, 11) is 1.98. The number of carbonyl (C=O) groups excluding carboxylic acids is 3. The first kappa shape index (κ1) is 40.2. The van der Waals surface area contributed by atoms with E-state index < -0.39 is 42.7 Å². The van der Waals surface area contributed by atoms with Gasteiger partial charge in [-0.25, -0.2) is 0 Å². The second kappa shape index (κ2) is 18.8. The lowest BCUT2D eigenvalue weighted by Gasteiger charge is -2.41. The zero-order valence-electron chi connectivity index (χ0n) is 31.6. The zero-order chi connectivity index (χ0) is 38.8. The maximum atomic E-state index is 13.9. The normalized spacial score (nSPS) is 21.6. The number of aliphatic hydroxyl groups is 2. The van der Waals surface area contributed by atoms with E-state index in [1.165, 1.54) is 6.92 Å². The van der Waals surface area contributed by atoms with Crippen molar-refractivity contribution in [2.24, 2.45) is 13.0 Å². The Kier molecular flexibility index (Phi) is 14.0. The molecule has 0 spiro atoms. The first-order valence-corrected chi connectivity index (χ1v) is 18.6. The highest BCUT2D eigenvalue weighted by Gasteiger charge is 2.44. The topological polar surface area (TPSA) is 163 Å². The molecule has 1 aliphatic heterocycles. The number of para-hydroxylation sites is 1. The number of hydrogen-bond donors (Lipinski definition) is 6. The van der Waals surface area contributed by atoms with Crippen molar-refractivity contribution in [2.75, 3.05) is 6.54 Å². The Morgan fingerprint density at radius 2 is 1.67 bits per heavy atom. The number of nitrogens with one attached hydrogen (secondary N) is 4. The molecule has 6 N–H and O–H groups in total. The molecular formula is C42H53N5O7. The highest BCUT2D eigenvalue weighted by molar-refractivity contribution is 5.88. The van der Waals surface area contributed by atoms with Crippen LogP contribution in [-0.2, 0) is 39.0 Å². The second-order valence-electron chi connectivity index (χ2n) is 14.0. The van der Waals surface area contributed by atoms with E-state index in [1.807, 2.05) is 86.3 Å². The minimum atomic E-state index is -1.39. The maximum absolute atomic E-state index is 13.9. The zero-order valence-corrected chi connectivity index (χ0v) is 31.6. The summed E-state index contributed by atoms with van der Waals surface area (Å²) < 4.78 is 13.6. The standard InChI is InChI=1S/C42H53N5O7/c1-6-26(2)36(41(52)44-23-20-29-12-8-7-9-13-29)46-34(24-31-25-47(5)35-15-11-10-14-33(31)35)40(51)43-22-21-30-16-18-32(19-17-30)54-42-39(50)38(49)37(27(3)53-42)45-28(4)48/h7-19,21-22,25-27,34,36-39,42,46,49-50H,6,20,23-24H2,1-5H3,(H,43,51)(H,44,52)(H,45,48)/t26-,27+,34-,36+,37-,38-,39+,42-/m0/s1. The van der Waals surface area contributed by atoms with Crippen LogP contribution >= 0.6 is 0 Å². The molecule has 54 heavy (non-hydrogen) atoms. The van der Waals surface area contributed by atoms with Crippen LogP contribution in [0.2, 0.25) is 0 Å². The molecular weight excluding hydrogens is 686 g/mol. The van der Waals surface area contributed by atoms with Crippen molar-refractivity contribution in [2.45, 2.75) is 89.7 Å². The molecule has 3 amide bonds. The number of hydrogen-bond acceptors (Lipinski definition) is 8. The Labute approximate surface area is 316 Å². The van der Waals surface area contributed by atoms with Gasteiger partial charge in [-0.15, -0.1) is 0 Å². The smallest absolute Gasteiger partial charge is 0.241 e. The molecule has 2 heterocycles. The molecule has 12 heteroatoms. The second-order valence-corrected chi connectivity index (χ2v) is 14.0. The minimum absolute atomic E-state index is 0.0361. The quantitative estimate of drug-likeness (QED) is 0.102. The van der Waals surface area contributed by atoms with E-state index in [0.29, 0.717) is 25.1 Å². The third kappa shape index (κ3) is 10.4. The monoisotopic (exact) mass is 739 g/mol. The maximum Gasteiger partial charge on any atom is 0.241 e. The molecule has 0 unspecified atom stereocenters. The number of rotatable bonds is 16. The van der Waals surface area contributed by atoms with Crippen LogP contribution in [0.3, 0.4) is 0 Å². The van der Waals surface area contributed by atoms with Crippen LogP contribution in [0.15, 0.2) is 91.3 Å². The number of fused-ring (bicyclic) bond motifs is 1. The number of aryl methyl sites for hydroxylation is 1. The van der Waals surface area contributed by atoms with Crippen molar-refractivity contribution in [1.82, 2.24) is 25.8 Å². The third-order valence-corrected chi connectivity index (χ3v) is 10.0. The van der Waals surface area contributed by atoms with E-state index in [4.69, 9.17) is 9.47 Å². The van der Waals surface area contributed by atoms with Crippen molar-refractivity contribution in [3.63, 3.8) is 0 Å². The Hall–Kier alpha value is -5.01. The molecule has 1 aliphatic rings. The third-order valence-electron chi connectivity index (χ3n) is 10.0. The molecule has 3 aromatic carbocycles. The van der Waals surface area contributed by atoms with E-state index in [-0.39, 0.29) is 23.6 Å². The van der Waals surface area contributed by atoms with Crippen molar-refractivity contribution >= 4 is 34.7 Å². The molecule has 12 nitrogen and oxygen atoms in total. The average Bonchev–Trinajstić information content (AvgIpc) is 3.48. The van der Waals surface area contributed by atoms with E-state index in [9.17, 15) is 24.6 Å². The van der Waals surface area contributed by atoms with Crippen molar-refractivity contribution in [1.29, 1.82) is 0 Å². The van der Waals surface area contributed by atoms with Gasteiger partial charge in [-0.2, -0.15) is 0 Å². The summed E-state index contributed by atoms with van der Waals surface area (Å²) in [6.45, 7) is 7.55. The fourth-order valence-electron chi connectivity index (χ4n) is 6.75. The SMILES string of the molecule is CC[C@H](C)[C@@H](N[C@@H](Cc1cn(C)c2ccccc12)C(=O)NC=Cc1ccc(O[C@@H]2O[C@H](C)[C@H](NC(C)=O)[C@H](O)[C@H]2O)cc1)C(=O)NCCc1ccccc1. The molecule has 0 radical (unpaired) electrons. The van der Waals surface area contributed by atoms with Gasteiger partial charge in [0, 0.05) is 43.8 Å². The van der Waals surface area contributed by atoms with Crippen molar-refractivity contribution in [3.05, 3.63) is 108 Å². The highest BCUT2D eigenvalue weighted by Crippen LogP contribution is 2.25. The van der Waals surface area contributed by atoms with Crippen LogP contribution in [0.25, 0.3) is 17.0 Å². The predicted octanol–water partition coefficient (Wildman–Crippen LogP) is 3.59. The Bertz CT molecular complexity index is 1880. The molecule has 1 saturated heterocycles. The number of aliphatic hydroxyl groups excluding tert-OH is 2. The van der Waals surface area contributed by atoms with Gasteiger partial charge < -0.3 is 40.2 Å². The number of carbonyl (C=O) groups is 3. The fraction of sp³-hybridized carbons (Fsp3) is 0.405. The van der Waals surface area contributed by atoms with Crippen LogP contribution in [0, 0.1) is 5.92 Å². The molecule has 288 valence electrons. The van der Waals surface area contributed by atoms with Gasteiger partial charge in [0.25, 0.3) is 0 Å². The van der Waals surface area contributed by atoms with E-state index in [2.05, 4.69) is 21.3 Å². The van der Waals surface area contributed by atoms with Gasteiger partial charge in [0.15, 0.2) is 0 Å². The molecule has 1 aromatic heterocycles. The summed E-state index contributed by atoms with van der Waals surface area (Å²) >= 11 is 0. The summed E-state index contributed by atoms with van der Waals surface area (Å²) in [4.78, 5) is 39.1. The summed E-state index contributed by atoms with van der Waals surface area (Å²) in [5.41, 5.74) is 3.95. The number of aromatic nitrogens is 1.